The fraction of sp³-hybridized carbons (Fsp3) is 0.909. The van der Waals surface area contributed by atoms with Gasteiger partial charge in [0.15, 0.2) is 0 Å². The number of ketones is 1. The number of ether oxygens (including phenoxy) is 1. The van der Waals surface area contributed by atoms with Crippen LogP contribution in [0.3, 0.4) is 0 Å². The smallest absolute Gasteiger partial charge is 0.374 e. The highest BCUT2D eigenvalue weighted by molar-refractivity contribution is 6.33. The van der Waals surface area contributed by atoms with Crippen LogP contribution in [0.1, 0.15) is 123 Å². The molecule has 0 fully saturated rings. The predicted octanol–water partition coefficient (Wildman–Crippen LogP) is 6.77. The third-order valence-corrected chi connectivity index (χ3v) is 4.76. The molecule has 0 heterocycles. The summed E-state index contributed by atoms with van der Waals surface area (Å²) in [5.41, 5.74) is 0. The summed E-state index contributed by atoms with van der Waals surface area (Å²) in [5.74, 6) is -1.03. The molecule has 0 radical (unpaired) electrons. The molecule has 0 unspecified atom stereocenters. The largest absolute Gasteiger partial charge is 0.460 e. The lowest BCUT2D eigenvalue weighted by atomic mass is 10.0. The summed E-state index contributed by atoms with van der Waals surface area (Å²) < 4.78 is 4.69. The third kappa shape index (κ3) is 17.7. The summed E-state index contributed by atoms with van der Waals surface area (Å²) >= 11 is 0. The molecule has 0 aliphatic heterocycles. The van der Waals surface area contributed by atoms with E-state index in [9.17, 15) is 9.59 Å². The van der Waals surface area contributed by atoms with Gasteiger partial charge in [0.25, 0.3) is 0 Å². The second-order valence-electron chi connectivity index (χ2n) is 7.20. The lowest BCUT2D eigenvalue weighted by molar-refractivity contribution is -0.153. The van der Waals surface area contributed by atoms with Crippen molar-refractivity contribution >= 4 is 11.8 Å². The van der Waals surface area contributed by atoms with Gasteiger partial charge >= 0.3 is 5.97 Å². The molecule has 3 heteroatoms. The Balaban J connectivity index is 3.14. The van der Waals surface area contributed by atoms with Gasteiger partial charge in [0, 0.05) is 6.42 Å². The number of carbonyl (C=O) groups is 2. The number of Topliss-reactive ketones (excluding diaryl/α,β-unsaturated/α-hetero) is 1. The quantitative estimate of drug-likeness (QED) is 0.146. The highest BCUT2D eigenvalue weighted by Gasteiger charge is 2.13. The molecule has 0 saturated heterocycles. The molecule has 0 amide bonds. The van der Waals surface area contributed by atoms with Crippen molar-refractivity contribution < 1.29 is 14.3 Å². The lowest BCUT2D eigenvalue weighted by Crippen LogP contribution is -2.16. The monoisotopic (exact) mass is 354 g/mol. The lowest BCUT2D eigenvalue weighted by Gasteiger charge is -2.03. The summed E-state index contributed by atoms with van der Waals surface area (Å²) in [6.45, 7) is 4.27. The number of hydrogen-bond donors (Lipinski definition) is 0. The van der Waals surface area contributed by atoms with Gasteiger partial charge in [-0.25, -0.2) is 4.79 Å². The van der Waals surface area contributed by atoms with E-state index in [2.05, 4.69) is 6.92 Å². The van der Waals surface area contributed by atoms with Crippen LogP contribution >= 0.6 is 0 Å². The molecule has 0 saturated carbocycles. The Kier molecular flexibility index (Phi) is 18.8. The first-order valence-corrected chi connectivity index (χ1v) is 10.9. The summed E-state index contributed by atoms with van der Waals surface area (Å²) in [4.78, 5) is 22.6. The van der Waals surface area contributed by atoms with Gasteiger partial charge in [0.1, 0.15) is 0 Å². The first-order valence-electron chi connectivity index (χ1n) is 10.9. The van der Waals surface area contributed by atoms with E-state index < -0.39 is 5.97 Å². The maximum atomic E-state index is 11.4. The maximum Gasteiger partial charge on any atom is 0.374 e. The zero-order chi connectivity index (χ0) is 18.6. The van der Waals surface area contributed by atoms with Crippen molar-refractivity contribution in [2.45, 2.75) is 123 Å². The molecule has 25 heavy (non-hydrogen) atoms. The van der Waals surface area contributed by atoms with E-state index in [0.29, 0.717) is 6.42 Å². The average molecular weight is 355 g/mol. The molecule has 0 aromatic heterocycles. The van der Waals surface area contributed by atoms with Gasteiger partial charge in [-0.1, -0.05) is 103 Å². The van der Waals surface area contributed by atoms with E-state index in [0.717, 1.165) is 12.8 Å². The molecule has 0 spiro atoms. The first-order chi connectivity index (χ1) is 12.2. The van der Waals surface area contributed by atoms with Gasteiger partial charge in [-0.15, -0.1) is 0 Å². The van der Waals surface area contributed by atoms with Crippen molar-refractivity contribution in [2.24, 2.45) is 0 Å². The van der Waals surface area contributed by atoms with Crippen molar-refractivity contribution in [2.75, 3.05) is 6.61 Å². The Hall–Kier alpha value is -0.860. The van der Waals surface area contributed by atoms with Gasteiger partial charge < -0.3 is 4.74 Å². The van der Waals surface area contributed by atoms with Gasteiger partial charge in [0.2, 0.25) is 5.78 Å². The average Bonchev–Trinajstić information content (AvgIpc) is 2.61. The summed E-state index contributed by atoms with van der Waals surface area (Å²) in [5, 5.41) is 0. The fourth-order valence-corrected chi connectivity index (χ4v) is 3.15. The molecule has 0 atom stereocenters. The van der Waals surface area contributed by atoms with Crippen LogP contribution in [0.15, 0.2) is 0 Å². The number of rotatable bonds is 19. The molecular weight excluding hydrogens is 312 g/mol. The molecule has 0 rings (SSSR count). The van der Waals surface area contributed by atoms with Crippen LogP contribution in [-0.4, -0.2) is 18.4 Å². The molecule has 148 valence electrons. The van der Waals surface area contributed by atoms with E-state index >= 15 is 0 Å². The Morgan fingerprint density at radius 2 is 0.920 bits per heavy atom. The van der Waals surface area contributed by atoms with Crippen molar-refractivity contribution in [1.82, 2.24) is 0 Å². The molecule has 0 bridgehead atoms. The number of esters is 1. The van der Waals surface area contributed by atoms with E-state index in [1.165, 1.54) is 89.9 Å². The first kappa shape index (κ1) is 24.1. The summed E-state index contributed by atoms with van der Waals surface area (Å²) in [7, 11) is 0. The van der Waals surface area contributed by atoms with Crippen molar-refractivity contribution in [1.29, 1.82) is 0 Å². The molecule has 0 aliphatic rings. The Labute approximate surface area is 156 Å². The van der Waals surface area contributed by atoms with Crippen molar-refractivity contribution in [3.63, 3.8) is 0 Å². The fourth-order valence-electron chi connectivity index (χ4n) is 3.15. The van der Waals surface area contributed by atoms with Crippen LogP contribution in [0.4, 0.5) is 0 Å². The van der Waals surface area contributed by atoms with Crippen molar-refractivity contribution in [3.8, 4) is 0 Å². The van der Waals surface area contributed by atoms with Crippen LogP contribution in [0.5, 0.6) is 0 Å². The van der Waals surface area contributed by atoms with E-state index in [1.54, 1.807) is 6.92 Å². The highest BCUT2D eigenvalue weighted by Crippen LogP contribution is 2.14. The third-order valence-electron chi connectivity index (χ3n) is 4.76. The van der Waals surface area contributed by atoms with E-state index in [-0.39, 0.29) is 12.4 Å². The molecule has 3 nitrogen and oxygen atoms in total. The minimum Gasteiger partial charge on any atom is -0.460 e. The van der Waals surface area contributed by atoms with Crippen LogP contribution in [0.2, 0.25) is 0 Å². The topological polar surface area (TPSA) is 43.4 Å². The standard InChI is InChI=1S/C22H42O3/c1-3-5-6-7-8-9-10-11-12-13-14-15-16-17-18-19-20-21(23)22(24)25-4-2/h3-20H2,1-2H3. The normalized spacial score (nSPS) is 10.8. The van der Waals surface area contributed by atoms with Crippen LogP contribution in [0, 0.1) is 0 Å². The number of carbonyl (C=O) groups excluding carboxylic acids is 2. The number of unbranched alkanes of at least 4 members (excludes halogenated alkanes) is 15. The Morgan fingerprint density at radius 1 is 0.560 bits per heavy atom. The second kappa shape index (κ2) is 19.5. The van der Waals surface area contributed by atoms with Gasteiger partial charge in [-0.3, -0.25) is 4.79 Å². The van der Waals surface area contributed by atoms with Crippen molar-refractivity contribution in [3.05, 3.63) is 0 Å². The van der Waals surface area contributed by atoms with Gasteiger partial charge in [-0.05, 0) is 13.3 Å². The van der Waals surface area contributed by atoms with Crippen LogP contribution < -0.4 is 0 Å². The predicted molar refractivity (Wildman–Crippen MR) is 106 cm³/mol. The molecule has 0 N–H and O–H groups in total. The molecule has 0 aromatic rings. The van der Waals surface area contributed by atoms with Crippen LogP contribution in [-0.2, 0) is 14.3 Å². The second-order valence-corrected chi connectivity index (χ2v) is 7.20. The summed E-state index contributed by atoms with van der Waals surface area (Å²) in [6, 6.07) is 0. The minimum atomic E-state index is -0.663. The Bertz CT molecular complexity index is 312. The zero-order valence-electron chi connectivity index (χ0n) is 17.0. The Morgan fingerprint density at radius 3 is 1.28 bits per heavy atom. The van der Waals surface area contributed by atoms with Gasteiger partial charge in [0.05, 0.1) is 6.61 Å². The van der Waals surface area contributed by atoms with E-state index in [1.807, 2.05) is 0 Å². The van der Waals surface area contributed by atoms with Crippen LogP contribution in [0.25, 0.3) is 0 Å². The van der Waals surface area contributed by atoms with E-state index in [4.69, 9.17) is 4.74 Å². The van der Waals surface area contributed by atoms with Gasteiger partial charge in [-0.2, -0.15) is 0 Å². The summed E-state index contributed by atoms with van der Waals surface area (Å²) in [6.07, 6.45) is 21.3. The number of hydrogen-bond acceptors (Lipinski definition) is 3. The maximum absolute atomic E-state index is 11.4. The zero-order valence-corrected chi connectivity index (χ0v) is 17.0. The molecular formula is C22H42O3. The molecule has 0 aliphatic carbocycles. The molecule has 0 aromatic carbocycles. The highest BCUT2D eigenvalue weighted by atomic mass is 16.5. The SMILES string of the molecule is CCCCCCCCCCCCCCCCCCC(=O)C(=O)OCC. The minimum absolute atomic E-state index is 0.281.